The summed E-state index contributed by atoms with van der Waals surface area (Å²) >= 11 is 8.84. The number of amides is 1. The third kappa shape index (κ3) is 5.93. The molecule has 8 heteroatoms. The quantitative estimate of drug-likeness (QED) is 0.168. The van der Waals surface area contributed by atoms with Gasteiger partial charge in [-0.3, -0.25) is 9.69 Å². The van der Waals surface area contributed by atoms with Crippen molar-refractivity contribution in [3.63, 3.8) is 0 Å². The maximum atomic E-state index is 12.5. The summed E-state index contributed by atoms with van der Waals surface area (Å²) in [6.07, 6.45) is 1.85. The number of thioether (sulfide) groups is 1. The van der Waals surface area contributed by atoms with Crippen LogP contribution in [0.2, 0.25) is 0 Å². The Morgan fingerprint density at radius 3 is 2.52 bits per heavy atom. The molecule has 5 nitrogen and oxygen atoms in total. The summed E-state index contributed by atoms with van der Waals surface area (Å²) in [5.41, 5.74) is 1.96. The van der Waals surface area contributed by atoms with Crippen LogP contribution in [-0.2, 0) is 4.79 Å². The van der Waals surface area contributed by atoms with Gasteiger partial charge in [-0.15, -0.1) is 0 Å². The van der Waals surface area contributed by atoms with Crippen molar-refractivity contribution in [2.75, 3.05) is 26.4 Å². The van der Waals surface area contributed by atoms with Crippen LogP contribution in [-0.4, -0.2) is 41.5 Å². The van der Waals surface area contributed by atoms with Gasteiger partial charge in [-0.1, -0.05) is 42.2 Å². The first-order valence-electron chi connectivity index (χ1n) is 9.97. The highest BCUT2D eigenvalue weighted by molar-refractivity contribution is 14.1. The van der Waals surface area contributed by atoms with Crippen LogP contribution in [0.15, 0.2) is 41.3 Å². The van der Waals surface area contributed by atoms with Gasteiger partial charge in [-0.2, -0.15) is 0 Å². The van der Waals surface area contributed by atoms with Gasteiger partial charge >= 0.3 is 0 Å². The second-order valence-corrected chi connectivity index (χ2v) is 9.49. The minimum atomic E-state index is -0.0563. The summed E-state index contributed by atoms with van der Waals surface area (Å²) < 4.78 is 19.1. The van der Waals surface area contributed by atoms with E-state index in [-0.39, 0.29) is 5.91 Å². The number of benzene rings is 2. The van der Waals surface area contributed by atoms with E-state index in [1.54, 1.807) is 4.90 Å². The van der Waals surface area contributed by atoms with Crippen molar-refractivity contribution < 1.29 is 19.0 Å². The number of rotatable bonds is 9. The predicted molar refractivity (Wildman–Crippen MR) is 138 cm³/mol. The van der Waals surface area contributed by atoms with E-state index in [9.17, 15) is 4.79 Å². The topological polar surface area (TPSA) is 48.0 Å². The van der Waals surface area contributed by atoms with Crippen LogP contribution in [0.3, 0.4) is 0 Å². The van der Waals surface area contributed by atoms with Crippen LogP contribution in [0, 0.1) is 10.5 Å². The van der Waals surface area contributed by atoms with Gasteiger partial charge < -0.3 is 14.2 Å². The molecule has 31 heavy (non-hydrogen) atoms. The van der Waals surface area contributed by atoms with E-state index in [0.717, 1.165) is 20.4 Å². The molecule has 3 rings (SSSR count). The first-order valence-corrected chi connectivity index (χ1v) is 12.3. The Bertz CT molecular complexity index is 1010. The number of hydrogen-bond acceptors (Lipinski definition) is 6. The highest BCUT2D eigenvalue weighted by Crippen LogP contribution is 2.37. The molecule has 1 saturated heterocycles. The van der Waals surface area contributed by atoms with E-state index in [1.165, 1.54) is 11.8 Å². The zero-order valence-corrected chi connectivity index (χ0v) is 21.4. The summed E-state index contributed by atoms with van der Waals surface area (Å²) in [4.78, 5) is 14.7. The molecule has 0 radical (unpaired) electrons. The van der Waals surface area contributed by atoms with Crippen LogP contribution >= 0.6 is 46.6 Å². The molecular formula is C23H24INO4S2. The Kier molecular flexibility index (Phi) is 8.62. The monoisotopic (exact) mass is 569 g/mol. The summed E-state index contributed by atoms with van der Waals surface area (Å²) in [5, 5.41) is 0. The summed E-state index contributed by atoms with van der Waals surface area (Å²) in [6.45, 7) is 7.75. The van der Waals surface area contributed by atoms with Crippen molar-refractivity contribution in [2.24, 2.45) is 0 Å². The normalized spacial score (nSPS) is 15.0. The molecule has 1 aliphatic heterocycles. The maximum absolute atomic E-state index is 12.5. The first kappa shape index (κ1) is 23.9. The largest absolute Gasteiger partial charge is 0.490 e. The van der Waals surface area contributed by atoms with Crippen molar-refractivity contribution in [2.45, 2.75) is 20.8 Å². The van der Waals surface area contributed by atoms with E-state index in [0.29, 0.717) is 47.1 Å². The highest BCUT2D eigenvalue weighted by atomic mass is 127. The van der Waals surface area contributed by atoms with E-state index < -0.39 is 0 Å². The zero-order chi connectivity index (χ0) is 22.4. The molecule has 2 aromatic carbocycles. The molecule has 1 heterocycles. The molecule has 0 bridgehead atoms. The molecule has 0 aliphatic carbocycles. The van der Waals surface area contributed by atoms with Gasteiger partial charge in [0.2, 0.25) is 0 Å². The van der Waals surface area contributed by atoms with Crippen molar-refractivity contribution in [1.82, 2.24) is 4.90 Å². The van der Waals surface area contributed by atoms with Gasteiger partial charge in [-0.25, -0.2) is 0 Å². The molecule has 164 valence electrons. The SMILES string of the molecule is CCOc1cc(/C=C2\SC(=S)N(CC)C2=O)cc(I)c1OCCOc1ccccc1C. The van der Waals surface area contributed by atoms with Crippen molar-refractivity contribution >= 4 is 62.9 Å². The molecule has 1 amide bonds. The minimum Gasteiger partial charge on any atom is -0.490 e. The van der Waals surface area contributed by atoms with E-state index in [1.807, 2.05) is 63.2 Å². The lowest BCUT2D eigenvalue weighted by atomic mass is 10.2. The van der Waals surface area contributed by atoms with Gasteiger partial charge in [0.15, 0.2) is 11.5 Å². The number of aryl methyl sites for hydroxylation is 1. The Balaban J connectivity index is 1.73. The van der Waals surface area contributed by atoms with Gasteiger partial charge in [0.1, 0.15) is 23.3 Å². The van der Waals surface area contributed by atoms with E-state index in [4.69, 9.17) is 26.4 Å². The lowest BCUT2D eigenvalue weighted by Crippen LogP contribution is -2.27. The predicted octanol–water partition coefficient (Wildman–Crippen LogP) is 5.68. The average molecular weight is 569 g/mol. The fraction of sp³-hybridized carbons (Fsp3) is 0.304. The molecule has 2 aromatic rings. The molecule has 0 N–H and O–H groups in total. The third-order valence-corrected chi connectivity index (χ3v) is 6.68. The first-order chi connectivity index (χ1) is 14.9. The smallest absolute Gasteiger partial charge is 0.266 e. The molecule has 0 spiro atoms. The number of carbonyl (C=O) groups is 1. The lowest BCUT2D eigenvalue weighted by molar-refractivity contribution is -0.121. The second-order valence-electron chi connectivity index (χ2n) is 6.65. The van der Waals surface area contributed by atoms with Gasteiger partial charge in [0.05, 0.1) is 15.1 Å². The molecule has 1 fully saturated rings. The molecule has 1 aliphatic rings. The van der Waals surface area contributed by atoms with Crippen molar-refractivity contribution in [3.8, 4) is 17.2 Å². The number of hydrogen-bond donors (Lipinski definition) is 0. The zero-order valence-electron chi connectivity index (χ0n) is 17.6. The number of likely N-dealkylation sites (N-methyl/N-ethyl adjacent to an activating group) is 1. The third-order valence-electron chi connectivity index (χ3n) is 4.50. The molecule has 0 unspecified atom stereocenters. The molecule has 0 aromatic heterocycles. The number of thiocarbonyl (C=S) groups is 1. The van der Waals surface area contributed by atoms with Gasteiger partial charge in [-0.05, 0) is 78.8 Å². The fourth-order valence-electron chi connectivity index (χ4n) is 3.01. The molecule has 0 saturated carbocycles. The summed E-state index contributed by atoms with van der Waals surface area (Å²) in [5.74, 6) is 2.11. The molecule has 0 atom stereocenters. The van der Waals surface area contributed by atoms with Crippen LogP contribution < -0.4 is 14.2 Å². The Hall–Kier alpha value is -1.78. The van der Waals surface area contributed by atoms with Crippen molar-refractivity contribution in [1.29, 1.82) is 0 Å². The fourth-order valence-corrected chi connectivity index (χ4v) is 5.18. The van der Waals surface area contributed by atoms with E-state index in [2.05, 4.69) is 22.6 Å². The van der Waals surface area contributed by atoms with Crippen LogP contribution in [0.5, 0.6) is 17.2 Å². The number of carbonyl (C=O) groups excluding carboxylic acids is 1. The Morgan fingerprint density at radius 2 is 1.84 bits per heavy atom. The van der Waals surface area contributed by atoms with Gasteiger partial charge in [0, 0.05) is 6.54 Å². The summed E-state index contributed by atoms with van der Waals surface area (Å²) in [7, 11) is 0. The second kappa shape index (κ2) is 11.2. The number of ether oxygens (including phenoxy) is 3. The van der Waals surface area contributed by atoms with Crippen LogP contribution in [0.4, 0.5) is 0 Å². The number of nitrogens with zero attached hydrogens (tertiary/aromatic N) is 1. The van der Waals surface area contributed by atoms with Gasteiger partial charge in [0.25, 0.3) is 5.91 Å². The summed E-state index contributed by atoms with van der Waals surface area (Å²) in [6, 6.07) is 11.8. The number of para-hydroxylation sites is 1. The Labute approximate surface area is 206 Å². The van der Waals surface area contributed by atoms with Crippen molar-refractivity contribution in [3.05, 3.63) is 56.0 Å². The standard InChI is InChI=1S/C23H24INO4S2/c1-4-25-22(26)20(31-23(25)30)14-16-12-17(24)21(19(13-16)27-5-2)29-11-10-28-18-9-7-6-8-15(18)3/h6-9,12-14H,4-5,10-11H2,1-3H3/b20-14-. The van der Waals surface area contributed by atoms with Crippen LogP contribution in [0.25, 0.3) is 6.08 Å². The lowest BCUT2D eigenvalue weighted by Gasteiger charge is -2.15. The number of halogens is 1. The Morgan fingerprint density at radius 1 is 1.10 bits per heavy atom. The maximum Gasteiger partial charge on any atom is 0.266 e. The van der Waals surface area contributed by atoms with Crippen LogP contribution in [0.1, 0.15) is 25.0 Å². The highest BCUT2D eigenvalue weighted by Gasteiger charge is 2.30. The van der Waals surface area contributed by atoms with E-state index >= 15 is 0 Å². The average Bonchev–Trinajstić information content (AvgIpc) is 3.00. The minimum absolute atomic E-state index is 0.0563. The molecular weight excluding hydrogens is 545 g/mol.